The molecule has 24 heavy (non-hydrogen) atoms. The minimum atomic E-state index is -0.597. The van der Waals surface area contributed by atoms with E-state index >= 15 is 0 Å². The number of imidazole rings is 1. The van der Waals surface area contributed by atoms with Crippen molar-refractivity contribution >= 4 is 22.6 Å². The van der Waals surface area contributed by atoms with Crippen molar-refractivity contribution in [2.45, 2.75) is 33.0 Å². The van der Waals surface area contributed by atoms with Crippen molar-refractivity contribution in [2.24, 2.45) is 0 Å². The van der Waals surface area contributed by atoms with Gasteiger partial charge in [0.1, 0.15) is 25.0 Å². The summed E-state index contributed by atoms with van der Waals surface area (Å²) in [5.74, 6) is 1.83. The normalized spacial score (nSPS) is 12.5. The SMILES string of the molecule is CCn1c(C)[n+](C[C@@H](O)COc2ccc(Cl)cc2)c2ccccc21. The number of ether oxygens (including phenoxy) is 1. The van der Waals surface area contributed by atoms with Gasteiger partial charge in [-0.3, -0.25) is 0 Å². The number of aliphatic hydroxyl groups excluding tert-OH is 1. The molecule has 0 saturated carbocycles. The molecular formula is C19H22ClN2O2+. The Kier molecular flexibility index (Phi) is 5.07. The van der Waals surface area contributed by atoms with Crippen molar-refractivity contribution in [1.29, 1.82) is 0 Å². The summed E-state index contributed by atoms with van der Waals surface area (Å²) >= 11 is 5.86. The van der Waals surface area contributed by atoms with E-state index < -0.39 is 6.10 Å². The Labute approximate surface area is 146 Å². The second kappa shape index (κ2) is 7.24. The molecule has 0 unspecified atom stereocenters. The van der Waals surface area contributed by atoms with Crippen LogP contribution in [-0.4, -0.2) is 22.4 Å². The molecule has 0 aliphatic heterocycles. The smallest absolute Gasteiger partial charge is 0.254 e. The van der Waals surface area contributed by atoms with E-state index in [2.05, 4.69) is 35.1 Å². The van der Waals surface area contributed by atoms with E-state index in [0.717, 1.165) is 17.9 Å². The number of aliphatic hydroxyl groups is 1. The summed E-state index contributed by atoms with van der Waals surface area (Å²) < 4.78 is 10.1. The molecule has 1 heterocycles. The number of halogens is 1. The second-order valence-electron chi connectivity index (χ2n) is 5.81. The Morgan fingerprint density at radius 1 is 1.17 bits per heavy atom. The van der Waals surface area contributed by atoms with Crippen LogP contribution in [-0.2, 0) is 13.1 Å². The average molecular weight is 346 g/mol. The van der Waals surface area contributed by atoms with Crippen molar-refractivity contribution < 1.29 is 14.4 Å². The summed E-state index contributed by atoms with van der Waals surface area (Å²) in [6.07, 6.45) is -0.597. The van der Waals surface area contributed by atoms with E-state index in [9.17, 15) is 5.11 Å². The maximum absolute atomic E-state index is 10.4. The highest BCUT2D eigenvalue weighted by molar-refractivity contribution is 6.30. The van der Waals surface area contributed by atoms with Crippen molar-refractivity contribution in [3.05, 3.63) is 59.4 Å². The zero-order chi connectivity index (χ0) is 17.1. The summed E-state index contributed by atoms with van der Waals surface area (Å²) in [5, 5.41) is 11.1. The van der Waals surface area contributed by atoms with Crippen LogP contribution in [0.3, 0.4) is 0 Å². The first-order valence-corrected chi connectivity index (χ1v) is 8.52. The first-order valence-electron chi connectivity index (χ1n) is 8.14. The van der Waals surface area contributed by atoms with Crippen molar-refractivity contribution in [3.63, 3.8) is 0 Å². The monoisotopic (exact) mass is 345 g/mol. The Balaban J connectivity index is 1.74. The number of rotatable bonds is 6. The number of para-hydroxylation sites is 2. The van der Waals surface area contributed by atoms with Gasteiger partial charge in [-0.15, -0.1) is 0 Å². The van der Waals surface area contributed by atoms with Crippen LogP contribution in [0, 0.1) is 6.92 Å². The number of nitrogens with zero attached hydrogens (tertiary/aromatic N) is 2. The third-order valence-electron chi connectivity index (χ3n) is 4.21. The molecule has 0 saturated heterocycles. The summed E-state index contributed by atoms with van der Waals surface area (Å²) in [7, 11) is 0. The van der Waals surface area contributed by atoms with Gasteiger partial charge in [-0.25, -0.2) is 9.13 Å². The summed E-state index contributed by atoms with van der Waals surface area (Å²) in [6, 6.07) is 15.4. The lowest BCUT2D eigenvalue weighted by molar-refractivity contribution is -0.685. The summed E-state index contributed by atoms with van der Waals surface area (Å²) in [5.41, 5.74) is 2.31. The highest BCUT2D eigenvalue weighted by Gasteiger charge is 2.22. The molecular weight excluding hydrogens is 324 g/mol. The highest BCUT2D eigenvalue weighted by Crippen LogP contribution is 2.16. The van der Waals surface area contributed by atoms with Gasteiger partial charge in [-0.2, -0.15) is 0 Å². The van der Waals surface area contributed by atoms with Gasteiger partial charge >= 0.3 is 0 Å². The molecule has 1 N–H and O–H groups in total. The van der Waals surface area contributed by atoms with Crippen LogP contribution in [0.1, 0.15) is 12.7 Å². The van der Waals surface area contributed by atoms with Crippen molar-refractivity contribution in [1.82, 2.24) is 4.57 Å². The molecule has 3 rings (SSSR count). The third kappa shape index (κ3) is 3.40. The molecule has 5 heteroatoms. The molecule has 3 aromatic rings. The lowest BCUT2D eigenvalue weighted by Gasteiger charge is -2.11. The van der Waals surface area contributed by atoms with Crippen LogP contribution in [0.15, 0.2) is 48.5 Å². The Hall–Kier alpha value is -2.04. The van der Waals surface area contributed by atoms with Gasteiger partial charge in [0, 0.05) is 11.9 Å². The van der Waals surface area contributed by atoms with Crippen LogP contribution < -0.4 is 9.30 Å². The van der Waals surface area contributed by atoms with Gasteiger partial charge in [0.15, 0.2) is 11.0 Å². The van der Waals surface area contributed by atoms with Crippen LogP contribution in [0.4, 0.5) is 0 Å². The van der Waals surface area contributed by atoms with Gasteiger partial charge in [0.2, 0.25) is 0 Å². The average Bonchev–Trinajstić information content (AvgIpc) is 2.86. The largest absolute Gasteiger partial charge is 0.491 e. The van der Waals surface area contributed by atoms with Crippen LogP contribution >= 0.6 is 11.6 Å². The molecule has 1 atom stereocenters. The summed E-state index contributed by atoms with van der Waals surface area (Å²) in [6.45, 7) is 5.84. The number of aromatic nitrogens is 2. The molecule has 1 aromatic heterocycles. The van der Waals surface area contributed by atoms with Gasteiger partial charge < -0.3 is 9.84 Å². The quantitative estimate of drug-likeness (QED) is 0.696. The van der Waals surface area contributed by atoms with E-state index in [0.29, 0.717) is 17.3 Å². The molecule has 0 fully saturated rings. The maximum atomic E-state index is 10.4. The maximum Gasteiger partial charge on any atom is 0.254 e. The molecule has 0 spiro atoms. The molecule has 0 aliphatic rings. The standard InChI is InChI=1S/C19H22ClN2O2/c1-3-21-14(2)22(19-7-5-4-6-18(19)21)12-16(23)13-24-17-10-8-15(20)9-11-17/h4-11,16,23H,3,12-13H2,1-2H3/q+1/t16-/m1/s1. The minimum Gasteiger partial charge on any atom is -0.491 e. The minimum absolute atomic E-state index is 0.236. The molecule has 126 valence electrons. The predicted octanol–water partition coefficient (Wildman–Crippen LogP) is 3.35. The number of benzene rings is 2. The summed E-state index contributed by atoms with van der Waals surface area (Å²) in [4.78, 5) is 0. The first kappa shape index (κ1) is 16.8. The van der Waals surface area contributed by atoms with Gasteiger partial charge in [-0.05, 0) is 43.3 Å². The van der Waals surface area contributed by atoms with E-state index in [1.807, 2.05) is 12.1 Å². The fraction of sp³-hybridized carbons (Fsp3) is 0.316. The Morgan fingerprint density at radius 2 is 1.88 bits per heavy atom. The highest BCUT2D eigenvalue weighted by atomic mass is 35.5. The van der Waals surface area contributed by atoms with E-state index in [-0.39, 0.29) is 6.61 Å². The fourth-order valence-electron chi connectivity index (χ4n) is 3.03. The Morgan fingerprint density at radius 3 is 2.58 bits per heavy atom. The zero-order valence-electron chi connectivity index (χ0n) is 13.9. The van der Waals surface area contributed by atoms with Gasteiger partial charge in [-0.1, -0.05) is 23.7 Å². The number of hydrogen-bond acceptors (Lipinski definition) is 2. The number of aryl methyl sites for hydroxylation is 1. The van der Waals surface area contributed by atoms with E-state index in [1.165, 1.54) is 5.52 Å². The third-order valence-corrected chi connectivity index (χ3v) is 4.46. The molecule has 0 radical (unpaired) electrons. The zero-order valence-corrected chi connectivity index (χ0v) is 14.7. The van der Waals surface area contributed by atoms with Crippen LogP contribution in [0.25, 0.3) is 11.0 Å². The molecule has 0 aliphatic carbocycles. The van der Waals surface area contributed by atoms with E-state index in [4.69, 9.17) is 16.3 Å². The first-order chi connectivity index (χ1) is 11.6. The predicted molar refractivity (Wildman–Crippen MR) is 95.5 cm³/mol. The number of hydrogen-bond donors (Lipinski definition) is 1. The lowest BCUT2D eigenvalue weighted by atomic mass is 10.3. The molecule has 2 aromatic carbocycles. The Bertz CT molecular complexity index is 827. The topological polar surface area (TPSA) is 38.3 Å². The van der Waals surface area contributed by atoms with Crippen LogP contribution in [0.2, 0.25) is 5.02 Å². The second-order valence-corrected chi connectivity index (χ2v) is 6.25. The number of fused-ring (bicyclic) bond motifs is 1. The van der Waals surface area contributed by atoms with Crippen molar-refractivity contribution in [3.8, 4) is 5.75 Å². The van der Waals surface area contributed by atoms with E-state index in [1.54, 1.807) is 24.3 Å². The van der Waals surface area contributed by atoms with Crippen LogP contribution in [0.5, 0.6) is 5.75 Å². The molecule has 4 nitrogen and oxygen atoms in total. The molecule has 0 amide bonds. The molecule has 0 bridgehead atoms. The van der Waals surface area contributed by atoms with Gasteiger partial charge in [0.25, 0.3) is 5.82 Å². The van der Waals surface area contributed by atoms with Crippen molar-refractivity contribution in [2.75, 3.05) is 6.61 Å². The van der Waals surface area contributed by atoms with Gasteiger partial charge in [0.05, 0.1) is 6.54 Å². The lowest BCUT2D eigenvalue weighted by Crippen LogP contribution is -2.44. The fourth-order valence-corrected chi connectivity index (χ4v) is 3.16.